The van der Waals surface area contributed by atoms with Gasteiger partial charge in [0.2, 0.25) is 0 Å². The van der Waals surface area contributed by atoms with Gasteiger partial charge in [-0.3, -0.25) is 4.79 Å². The first-order valence-electron chi connectivity index (χ1n) is 6.20. The van der Waals surface area contributed by atoms with Crippen molar-refractivity contribution in [3.05, 3.63) is 64.7 Å². The van der Waals surface area contributed by atoms with Gasteiger partial charge in [-0.15, -0.1) is 0 Å². The Hall–Kier alpha value is -2.29. The summed E-state index contributed by atoms with van der Waals surface area (Å²) in [4.78, 5) is 12.0. The largest absolute Gasteiger partial charge is 0.508 e. The molecule has 2 aromatic rings. The maximum Gasteiger partial charge on any atom is 0.251 e. The quantitative estimate of drug-likeness (QED) is 0.886. The number of hydrogen-bond acceptors (Lipinski definition) is 2. The highest BCUT2D eigenvalue weighted by molar-refractivity contribution is 5.96. The predicted molar refractivity (Wildman–Crippen MR) is 75.2 cm³/mol. The van der Waals surface area contributed by atoms with Gasteiger partial charge in [-0.1, -0.05) is 35.9 Å². The van der Waals surface area contributed by atoms with Gasteiger partial charge in [-0.25, -0.2) is 0 Å². The van der Waals surface area contributed by atoms with E-state index in [1.54, 1.807) is 25.1 Å². The van der Waals surface area contributed by atoms with Crippen molar-refractivity contribution in [3.63, 3.8) is 0 Å². The molecule has 0 heterocycles. The number of hydrogen-bond donors (Lipinski definition) is 2. The molecule has 3 nitrogen and oxygen atoms in total. The smallest absolute Gasteiger partial charge is 0.251 e. The number of carbonyl (C=O) groups is 1. The number of carbonyl (C=O) groups excluding carboxylic acids is 1. The van der Waals surface area contributed by atoms with Crippen molar-refractivity contribution < 1.29 is 9.90 Å². The number of phenolic OH excluding ortho intramolecular Hbond substituents is 1. The Bertz CT molecular complexity index is 588. The summed E-state index contributed by atoms with van der Waals surface area (Å²) in [6.07, 6.45) is 0. The first-order chi connectivity index (χ1) is 9.08. The second-order valence-corrected chi connectivity index (χ2v) is 4.62. The van der Waals surface area contributed by atoms with Crippen LogP contribution in [0.1, 0.15) is 27.0 Å². The third-order valence-electron chi connectivity index (χ3n) is 3.12. The molecule has 0 radical (unpaired) electrons. The molecule has 19 heavy (non-hydrogen) atoms. The first kappa shape index (κ1) is 13.1. The molecular weight excluding hydrogens is 238 g/mol. The number of nitrogens with one attached hydrogen (secondary N) is 1. The number of phenols is 1. The Morgan fingerprint density at radius 2 is 1.79 bits per heavy atom. The zero-order valence-electron chi connectivity index (χ0n) is 11.1. The fraction of sp³-hybridized carbons (Fsp3) is 0.188. The molecule has 0 aromatic heterocycles. The van der Waals surface area contributed by atoms with E-state index >= 15 is 0 Å². The van der Waals surface area contributed by atoms with Gasteiger partial charge in [0.1, 0.15) is 5.75 Å². The molecule has 2 N–H and O–H groups in total. The number of benzene rings is 2. The van der Waals surface area contributed by atoms with Crippen LogP contribution in [0.2, 0.25) is 0 Å². The zero-order chi connectivity index (χ0) is 13.8. The lowest BCUT2D eigenvalue weighted by Crippen LogP contribution is -2.23. The summed E-state index contributed by atoms with van der Waals surface area (Å²) in [5, 5.41) is 12.4. The molecule has 0 aliphatic carbocycles. The molecule has 0 atom stereocenters. The lowest BCUT2D eigenvalue weighted by Gasteiger charge is -2.09. The van der Waals surface area contributed by atoms with E-state index in [2.05, 4.69) is 5.32 Å². The molecule has 2 rings (SSSR count). The van der Waals surface area contributed by atoms with E-state index in [0.29, 0.717) is 17.7 Å². The van der Waals surface area contributed by atoms with Gasteiger partial charge in [0.25, 0.3) is 5.91 Å². The topological polar surface area (TPSA) is 49.3 Å². The highest BCUT2D eigenvalue weighted by Gasteiger charge is 2.10. The van der Waals surface area contributed by atoms with Gasteiger partial charge in [-0.2, -0.15) is 0 Å². The fourth-order valence-corrected chi connectivity index (χ4v) is 1.85. The minimum Gasteiger partial charge on any atom is -0.508 e. The summed E-state index contributed by atoms with van der Waals surface area (Å²) in [7, 11) is 0. The molecule has 0 fully saturated rings. The van der Waals surface area contributed by atoms with E-state index in [1.807, 2.05) is 31.2 Å². The highest BCUT2D eigenvalue weighted by Crippen LogP contribution is 2.19. The number of aryl methyl sites for hydroxylation is 1. The van der Waals surface area contributed by atoms with Crippen molar-refractivity contribution in [1.82, 2.24) is 5.32 Å². The van der Waals surface area contributed by atoms with Crippen molar-refractivity contribution in [2.45, 2.75) is 20.4 Å². The SMILES string of the molecule is Cc1ccc(CNC(=O)c2cccc(O)c2C)cc1. The van der Waals surface area contributed by atoms with Crippen LogP contribution in [0.4, 0.5) is 0 Å². The van der Waals surface area contributed by atoms with Gasteiger partial charge < -0.3 is 10.4 Å². The molecule has 98 valence electrons. The van der Waals surface area contributed by atoms with E-state index < -0.39 is 0 Å². The second kappa shape index (κ2) is 5.57. The second-order valence-electron chi connectivity index (χ2n) is 4.62. The minimum absolute atomic E-state index is 0.142. The molecule has 3 heteroatoms. The van der Waals surface area contributed by atoms with Gasteiger partial charge in [-0.05, 0) is 31.5 Å². The Morgan fingerprint density at radius 3 is 2.47 bits per heavy atom. The van der Waals surface area contributed by atoms with Crippen LogP contribution in [0.3, 0.4) is 0 Å². The van der Waals surface area contributed by atoms with E-state index in [9.17, 15) is 9.90 Å². The Kier molecular flexibility index (Phi) is 3.85. The van der Waals surface area contributed by atoms with Crippen LogP contribution >= 0.6 is 0 Å². The van der Waals surface area contributed by atoms with Crippen LogP contribution in [0, 0.1) is 13.8 Å². The Labute approximate surface area is 112 Å². The molecule has 0 bridgehead atoms. The molecule has 0 unspecified atom stereocenters. The number of amides is 1. The van der Waals surface area contributed by atoms with Crippen LogP contribution in [-0.4, -0.2) is 11.0 Å². The van der Waals surface area contributed by atoms with Crippen LogP contribution in [0.15, 0.2) is 42.5 Å². The van der Waals surface area contributed by atoms with Gasteiger partial charge in [0.15, 0.2) is 0 Å². The summed E-state index contributed by atoms with van der Waals surface area (Å²) in [5.41, 5.74) is 3.35. The minimum atomic E-state index is -0.172. The van der Waals surface area contributed by atoms with Crippen LogP contribution in [0.25, 0.3) is 0 Å². The molecule has 0 saturated carbocycles. The average Bonchev–Trinajstić information content (AvgIpc) is 2.41. The summed E-state index contributed by atoms with van der Waals surface area (Å²) < 4.78 is 0. The molecule has 0 aliphatic rings. The summed E-state index contributed by atoms with van der Waals surface area (Å²) >= 11 is 0. The fourth-order valence-electron chi connectivity index (χ4n) is 1.85. The average molecular weight is 255 g/mol. The monoisotopic (exact) mass is 255 g/mol. The summed E-state index contributed by atoms with van der Waals surface area (Å²) in [6.45, 7) is 4.24. The first-order valence-corrected chi connectivity index (χ1v) is 6.20. The molecular formula is C16H17NO2. The van der Waals surface area contributed by atoms with E-state index in [4.69, 9.17) is 0 Å². The van der Waals surface area contributed by atoms with E-state index in [1.165, 1.54) is 5.56 Å². The third kappa shape index (κ3) is 3.13. The maximum absolute atomic E-state index is 12.0. The third-order valence-corrected chi connectivity index (χ3v) is 3.12. The maximum atomic E-state index is 12.0. The molecule has 0 aliphatic heterocycles. The van der Waals surface area contributed by atoms with Gasteiger partial charge in [0.05, 0.1) is 0 Å². The number of aromatic hydroxyl groups is 1. The van der Waals surface area contributed by atoms with Crippen molar-refractivity contribution in [3.8, 4) is 5.75 Å². The highest BCUT2D eigenvalue weighted by atomic mass is 16.3. The zero-order valence-corrected chi connectivity index (χ0v) is 11.1. The molecule has 2 aromatic carbocycles. The Balaban J connectivity index is 2.05. The van der Waals surface area contributed by atoms with E-state index in [-0.39, 0.29) is 11.7 Å². The van der Waals surface area contributed by atoms with Gasteiger partial charge >= 0.3 is 0 Å². The van der Waals surface area contributed by atoms with Crippen LogP contribution in [0.5, 0.6) is 5.75 Å². The van der Waals surface area contributed by atoms with Crippen molar-refractivity contribution in [1.29, 1.82) is 0 Å². The van der Waals surface area contributed by atoms with Gasteiger partial charge in [0, 0.05) is 17.7 Å². The van der Waals surface area contributed by atoms with Crippen molar-refractivity contribution in [2.75, 3.05) is 0 Å². The predicted octanol–water partition coefficient (Wildman–Crippen LogP) is 2.94. The lowest BCUT2D eigenvalue weighted by molar-refractivity contribution is 0.0950. The molecule has 0 spiro atoms. The number of rotatable bonds is 3. The normalized spacial score (nSPS) is 10.2. The van der Waals surface area contributed by atoms with Crippen molar-refractivity contribution in [2.24, 2.45) is 0 Å². The van der Waals surface area contributed by atoms with E-state index in [0.717, 1.165) is 5.56 Å². The Morgan fingerprint density at radius 1 is 1.11 bits per heavy atom. The standard InChI is InChI=1S/C16H17NO2/c1-11-6-8-13(9-7-11)10-17-16(19)14-4-3-5-15(18)12(14)2/h3-9,18H,10H2,1-2H3,(H,17,19). The van der Waals surface area contributed by atoms with Crippen LogP contribution < -0.4 is 5.32 Å². The molecule has 1 amide bonds. The lowest BCUT2D eigenvalue weighted by atomic mass is 10.1. The summed E-state index contributed by atoms with van der Waals surface area (Å²) in [5.74, 6) is -0.0306. The summed E-state index contributed by atoms with van der Waals surface area (Å²) in [6, 6.07) is 13.0. The van der Waals surface area contributed by atoms with Crippen LogP contribution in [-0.2, 0) is 6.54 Å². The molecule has 0 saturated heterocycles. The van der Waals surface area contributed by atoms with Crippen molar-refractivity contribution >= 4 is 5.91 Å².